The average Bonchev–Trinajstić information content (AvgIpc) is 2.60. The molecule has 0 atom stereocenters. The van der Waals surface area contributed by atoms with E-state index in [0.29, 0.717) is 0 Å². The fourth-order valence-corrected chi connectivity index (χ4v) is 2.76. The number of hydrogen-bond donors (Lipinski definition) is 0. The van der Waals surface area contributed by atoms with Crippen LogP contribution in [-0.4, -0.2) is 23.1 Å². The summed E-state index contributed by atoms with van der Waals surface area (Å²) in [7, 11) is 0. The fraction of sp³-hybridized carbons (Fsp3) is 0.696. The van der Waals surface area contributed by atoms with E-state index in [1.54, 1.807) is 6.21 Å². The molecule has 1 rings (SSSR count). The van der Waals surface area contributed by atoms with E-state index in [4.69, 9.17) is 4.74 Å². The van der Waals surface area contributed by atoms with Crippen molar-refractivity contribution in [3.8, 4) is 5.75 Å². The summed E-state index contributed by atoms with van der Waals surface area (Å²) >= 11 is 0. The van der Waals surface area contributed by atoms with E-state index in [-0.39, 0.29) is 0 Å². The SMILES string of the molecule is CCCCCCCCCCCCOc1ccc(C=[N+]([O-])C(C)(C)C)cc1. The van der Waals surface area contributed by atoms with Crippen molar-refractivity contribution >= 4 is 6.21 Å². The molecule has 0 saturated carbocycles. The first-order chi connectivity index (χ1) is 12.4. The lowest BCUT2D eigenvalue weighted by molar-refractivity contribution is -0.530. The molecule has 3 heteroatoms. The standard InChI is InChI=1S/C23H39NO2/c1-5-6-7-8-9-10-11-12-13-14-19-26-22-17-15-21(16-18-22)20-24(25)23(2,3)4/h15-18,20H,5-14,19H2,1-4H3. The van der Waals surface area contributed by atoms with Crippen LogP contribution in [0.25, 0.3) is 0 Å². The van der Waals surface area contributed by atoms with Gasteiger partial charge in [0.1, 0.15) is 5.75 Å². The van der Waals surface area contributed by atoms with Crippen LogP contribution in [0.15, 0.2) is 24.3 Å². The maximum atomic E-state index is 11.9. The minimum Gasteiger partial charge on any atom is -0.623 e. The van der Waals surface area contributed by atoms with E-state index < -0.39 is 5.54 Å². The minimum absolute atomic E-state index is 0.412. The molecule has 1 aromatic rings. The number of nitrogens with zero attached hydrogens (tertiary/aromatic N) is 1. The smallest absolute Gasteiger partial charge is 0.182 e. The van der Waals surface area contributed by atoms with Crippen molar-refractivity contribution < 1.29 is 9.48 Å². The van der Waals surface area contributed by atoms with E-state index >= 15 is 0 Å². The molecule has 0 spiro atoms. The predicted octanol–water partition coefficient (Wildman–Crippen LogP) is 6.71. The maximum absolute atomic E-state index is 11.9. The van der Waals surface area contributed by atoms with Crippen LogP contribution in [-0.2, 0) is 0 Å². The number of rotatable bonds is 13. The van der Waals surface area contributed by atoms with Gasteiger partial charge in [0.15, 0.2) is 11.8 Å². The van der Waals surface area contributed by atoms with Gasteiger partial charge in [-0.15, -0.1) is 0 Å². The zero-order valence-electron chi connectivity index (χ0n) is 17.4. The Morgan fingerprint density at radius 1 is 0.846 bits per heavy atom. The molecule has 148 valence electrons. The van der Waals surface area contributed by atoms with Crippen LogP contribution in [0.2, 0.25) is 0 Å². The Kier molecular flexibility index (Phi) is 11.1. The number of unbranched alkanes of at least 4 members (excludes halogenated alkanes) is 9. The monoisotopic (exact) mass is 361 g/mol. The molecule has 0 heterocycles. The third-order valence-electron chi connectivity index (χ3n) is 4.57. The highest BCUT2D eigenvalue weighted by molar-refractivity contribution is 5.76. The molecular weight excluding hydrogens is 322 g/mol. The molecule has 0 unspecified atom stereocenters. The van der Waals surface area contributed by atoms with E-state index in [0.717, 1.165) is 29.1 Å². The van der Waals surface area contributed by atoms with Crippen molar-refractivity contribution in [2.45, 2.75) is 97.4 Å². The number of benzene rings is 1. The lowest BCUT2D eigenvalue weighted by Crippen LogP contribution is -2.29. The normalized spacial score (nSPS) is 12.4. The molecule has 0 aliphatic heterocycles. The van der Waals surface area contributed by atoms with Crippen LogP contribution in [0.4, 0.5) is 0 Å². The summed E-state index contributed by atoms with van der Waals surface area (Å²) in [5, 5.41) is 11.9. The number of ether oxygens (including phenoxy) is 1. The first kappa shape index (κ1) is 22.5. The highest BCUT2D eigenvalue weighted by atomic mass is 16.5. The first-order valence-electron chi connectivity index (χ1n) is 10.5. The van der Waals surface area contributed by atoms with Gasteiger partial charge >= 0.3 is 0 Å². The van der Waals surface area contributed by atoms with Gasteiger partial charge in [0.05, 0.1) is 6.61 Å². The summed E-state index contributed by atoms with van der Waals surface area (Å²) in [4.78, 5) is 0. The van der Waals surface area contributed by atoms with Gasteiger partial charge in [-0.05, 0) is 30.7 Å². The van der Waals surface area contributed by atoms with Gasteiger partial charge in [0.25, 0.3) is 0 Å². The number of hydrogen-bond acceptors (Lipinski definition) is 2. The van der Waals surface area contributed by atoms with Gasteiger partial charge in [-0.2, -0.15) is 0 Å². The third-order valence-corrected chi connectivity index (χ3v) is 4.57. The summed E-state index contributed by atoms with van der Waals surface area (Å²) in [5.41, 5.74) is 0.492. The van der Waals surface area contributed by atoms with Crippen molar-refractivity contribution in [2.75, 3.05) is 6.61 Å². The summed E-state index contributed by atoms with van der Waals surface area (Å²) in [5.74, 6) is 0.881. The zero-order chi connectivity index (χ0) is 19.3. The molecule has 0 fully saturated rings. The third kappa shape index (κ3) is 10.5. The van der Waals surface area contributed by atoms with Crippen LogP contribution in [0.3, 0.4) is 0 Å². The van der Waals surface area contributed by atoms with Crippen molar-refractivity contribution in [2.24, 2.45) is 0 Å². The molecule has 26 heavy (non-hydrogen) atoms. The second-order valence-corrected chi connectivity index (χ2v) is 8.23. The van der Waals surface area contributed by atoms with E-state index in [1.165, 1.54) is 57.8 Å². The van der Waals surface area contributed by atoms with Crippen LogP contribution in [0, 0.1) is 5.21 Å². The Labute approximate surface area is 161 Å². The molecule has 0 N–H and O–H groups in total. The molecule has 0 bridgehead atoms. The van der Waals surface area contributed by atoms with E-state index in [9.17, 15) is 5.21 Å². The predicted molar refractivity (Wildman–Crippen MR) is 112 cm³/mol. The summed E-state index contributed by atoms with van der Waals surface area (Å²) in [6.45, 7) is 8.75. The highest BCUT2D eigenvalue weighted by Gasteiger charge is 2.17. The van der Waals surface area contributed by atoms with Crippen LogP contribution < -0.4 is 4.74 Å². The Bertz CT molecular complexity index is 500. The second kappa shape index (κ2) is 12.8. The summed E-state index contributed by atoms with van der Waals surface area (Å²) < 4.78 is 6.79. The van der Waals surface area contributed by atoms with Gasteiger partial charge < -0.3 is 9.94 Å². The Morgan fingerprint density at radius 2 is 1.35 bits per heavy atom. The summed E-state index contributed by atoms with van der Waals surface area (Å²) in [6.07, 6.45) is 15.0. The average molecular weight is 362 g/mol. The molecule has 0 amide bonds. The Balaban J connectivity index is 2.11. The number of hydroxylamine groups is 1. The fourth-order valence-electron chi connectivity index (χ4n) is 2.76. The molecule has 3 nitrogen and oxygen atoms in total. The molecule has 0 saturated heterocycles. The molecular formula is C23H39NO2. The maximum Gasteiger partial charge on any atom is 0.182 e. The lowest BCUT2D eigenvalue weighted by Gasteiger charge is -2.18. The first-order valence-corrected chi connectivity index (χ1v) is 10.5. The van der Waals surface area contributed by atoms with Crippen LogP contribution >= 0.6 is 0 Å². The van der Waals surface area contributed by atoms with Gasteiger partial charge in [-0.3, -0.25) is 0 Å². The molecule has 1 aromatic carbocycles. The van der Waals surface area contributed by atoms with Crippen molar-refractivity contribution in [3.05, 3.63) is 35.0 Å². The van der Waals surface area contributed by atoms with Gasteiger partial charge in [0, 0.05) is 26.3 Å². The molecule has 0 radical (unpaired) electrons. The highest BCUT2D eigenvalue weighted by Crippen LogP contribution is 2.14. The lowest BCUT2D eigenvalue weighted by atomic mass is 10.1. The van der Waals surface area contributed by atoms with Crippen molar-refractivity contribution in [1.29, 1.82) is 0 Å². The van der Waals surface area contributed by atoms with Gasteiger partial charge in [-0.1, -0.05) is 64.7 Å². The quantitative estimate of drug-likeness (QED) is 0.129. The van der Waals surface area contributed by atoms with Crippen molar-refractivity contribution in [1.82, 2.24) is 0 Å². The van der Waals surface area contributed by atoms with Crippen molar-refractivity contribution in [3.63, 3.8) is 0 Å². The minimum atomic E-state index is -0.412. The molecule has 0 aromatic heterocycles. The Hall–Kier alpha value is -1.51. The van der Waals surface area contributed by atoms with Gasteiger partial charge in [0.2, 0.25) is 0 Å². The summed E-state index contributed by atoms with van der Waals surface area (Å²) in [6, 6.07) is 7.76. The Morgan fingerprint density at radius 3 is 1.85 bits per heavy atom. The topological polar surface area (TPSA) is 35.3 Å². The van der Waals surface area contributed by atoms with E-state index in [1.807, 2.05) is 45.0 Å². The largest absolute Gasteiger partial charge is 0.623 e. The molecule has 0 aliphatic carbocycles. The zero-order valence-corrected chi connectivity index (χ0v) is 17.4. The van der Waals surface area contributed by atoms with E-state index in [2.05, 4.69) is 6.92 Å². The van der Waals surface area contributed by atoms with Crippen LogP contribution in [0.1, 0.15) is 97.5 Å². The second-order valence-electron chi connectivity index (χ2n) is 8.23. The molecule has 0 aliphatic rings. The van der Waals surface area contributed by atoms with Gasteiger partial charge in [-0.25, -0.2) is 4.74 Å². The van der Waals surface area contributed by atoms with Crippen LogP contribution in [0.5, 0.6) is 5.75 Å².